The van der Waals surface area contributed by atoms with Crippen molar-refractivity contribution >= 4 is 104 Å². The predicted octanol–water partition coefficient (Wildman–Crippen LogP) is 13.4. The normalized spacial score (nSPS) is 14.1. The molecule has 0 saturated carbocycles. The highest BCUT2D eigenvalue weighted by molar-refractivity contribution is 9.10. The third-order valence-corrected chi connectivity index (χ3v) is 18.1. The number of alkyl carbamates (subject to hydrolysis) is 2. The molecule has 0 unspecified atom stereocenters. The number of nitrogens with two attached hydrogens (primary N) is 1. The monoisotopic (exact) mass is 1600 g/mol. The lowest BCUT2D eigenvalue weighted by Gasteiger charge is -2.34. The molecule has 0 radical (unpaired) electrons. The molecule has 600 valence electrons. The van der Waals surface area contributed by atoms with E-state index in [1.807, 2.05) is 133 Å². The van der Waals surface area contributed by atoms with E-state index in [-0.39, 0.29) is 26.3 Å². The third-order valence-electron chi connectivity index (χ3n) is 17.4. The topological polar surface area (TPSA) is 356 Å². The van der Waals surface area contributed by atoms with Crippen molar-refractivity contribution in [2.45, 2.75) is 183 Å². The van der Waals surface area contributed by atoms with E-state index in [1.54, 1.807) is 74.2 Å². The van der Waals surface area contributed by atoms with Gasteiger partial charge in [-0.2, -0.15) is 0 Å². The van der Waals surface area contributed by atoms with Gasteiger partial charge in [0.05, 0.1) is 36.3 Å². The first-order valence-electron chi connectivity index (χ1n) is 37.4. The predicted molar refractivity (Wildman–Crippen MR) is 430 cm³/mol. The number of rotatable bonds is 24. The van der Waals surface area contributed by atoms with E-state index in [0.717, 1.165) is 96.8 Å². The summed E-state index contributed by atoms with van der Waals surface area (Å²) in [4.78, 5) is 108. The van der Waals surface area contributed by atoms with Crippen LogP contribution in [0.15, 0.2) is 114 Å². The highest BCUT2D eigenvalue weighted by atomic mass is 79.9. The molecule has 2 fully saturated rings. The van der Waals surface area contributed by atoms with Crippen molar-refractivity contribution in [3.8, 4) is 11.5 Å². The van der Waals surface area contributed by atoms with Crippen LogP contribution in [0, 0.1) is 11.8 Å². The first kappa shape index (κ1) is 86.0. The molecular weight excluding hydrogens is 1490 g/mol. The third kappa shape index (κ3) is 26.0. The molecule has 8 aromatic rings. The van der Waals surface area contributed by atoms with Gasteiger partial charge in [-0.3, -0.25) is 0 Å². The average molecular weight is 1600 g/mol. The van der Waals surface area contributed by atoms with Crippen molar-refractivity contribution in [1.82, 2.24) is 49.7 Å². The van der Waals surface area contributed by atoms with Crippen molar-refractivity contribution in [2.75, 3.05) is 92.3 Å². The Kier molecular flexibility index (Phi) is 30.5. The Balaban J connectivity index is 0.000000234. The second kappa shape index (κ2) is 39.4. The lowest BCUT2D eigenvalue weighted by molar-refractivity contribution is -0.158. The van der Waals surface area contributed by atoms with Crippen LogP contribution in [0.4, 0.5) is 48.5 Å². The highest BCUT2D eigenvalue weighted by Crippen LogP contribution is 2.33. The molecule has 31 heteroatoms. The number of esters is 2. The summed E-state index contributed by atoms with van der Waals surface area (Å²) < 4.78 is 47.2. The molecule has 0 spiro atoms. The molecule has 4 aromatic carbocycles. The number of hydrogen-bond donors (Lipinski definition) is 6. The van der Waals surface area contributed by atoms with Crippen LogP contribution in [-0.4, -0.2) is 176 Å². The Bertz CT molecular complexity index is 4410. The largest absolute Gasteiger partial charge is 0.497 e. The number of imidazole rings is 2. The number of amides is 2. The van der Waals surface area contributed by atoms with Gasteiger partial charge in [-0.05, 0) is 185 Å². The van der Waals surface area contributed by atoms with Gasteiger partial charge in [0.15, 0.2) is 0 Å². The molecule has 2 aliphatic rings. The van der Waals surface area contributed by atoms with Gasteiger partial charge in [-0.25, -0.2) is 67.8 Å². The zero-order valence-electron chi connectivity index (χ0n) is 66.7. The van der Waals surface area contributed by atoms with Crippen molar-refractivity contribution in [3.05, 3.63) is 137 Å². The summed E-state index contributed by atoms with van der Waals surface area (Å²) in [6.07, 6.45) is 5.98. The number of nitrogens with zero attached hydrogens (tertiary/aromatic N) is 10. The molecule has 2 atom stereocenters. The lowest BCUT2D eigenvalue weighted by Crippen LogP contribution is -2.48. The summed E-state index contributed by atoms with van der Waals surface area (Å²) >= 11 is 3.55. The summed E-state index contributed by atoms with van der Waals surface area (Å²) in [7, 11) is 3.18. The fraction of sp³-hybridized carbons (Fsp3) is 0.500. The summed E-state index contributed by atoms with van der Waals surface area (Å²) in [5.74, 6) is 4.16. The molecule has 2 amide bonds. The van der Waals surface area contributed by atoms with Crippen molar-refractivity contribution in [1.29, 1.82) is 0 Å². The number of ether oxygens (including phenoxy) is 8. The van der Waals surface area contributed by atoms with Crippen LogP contribution >= 0.6 is 15.9 Å². The number of anilines is 5. The van der Waals surface area contributed by atoms with Gasteiger partial charge in [-0.1, -0.05) is 74.5 Å². The van der Waals surface area contributed by atoms with Crippen LogP contribution in [0.2, 0.25) is 0 Å². The summed E-state index contributed by atoms with van der Waals surface area (Å²) in [5.41, 5.74) is 9.11. The van der Waals surface area contributed by atoms with Gasteiger partial charge in [0.2, 0.25) is 11.9 Å². The molecule has 0 bridgehead atoms. The van der Waals surface area contributed by atoms with Crippen molar-refractivity contribution in [2.24, 2.45) is 17.6 Å². The first-order valence-corrected chi connectivity index (χ1v) is 38.2. The fourth-order valence-corrected chi connectivity index (χ4v) is 12.6. The number of halogens is 1. The van der Waals surface area contributed by atoms with Crippen LogP contribution in [0.1, 0.15) is 145 Å². The zero-order chi connectivity index (χ0) is 80.8. The molecule has 7 N–H and O–H groups in total. The van der Waals surface area contributed by atoms with Gasteiger partial charge in [0.1, 0.15) is 93.9 Å². The van der Waals surface area contributed by atoms with E-state index in [0.29, 0.717) is 82.6 Å². The summed E-state index contributed by atoms with van der Waals surface area (Å²) in [5, 5.41) is 15.2. The molecule has 0 aliphatic carbocycles. The van der Waals surface area contributed by atoms with Crippen LogP contribution in [0.5, 0.6) is 11.5 Å². The maximum Gasteiger partial charge on any atom is 0.421 e. The maximum atomic E-state index is 13.3. The number of fused-ring (bicyclic) bond motifs is 2. The zero-order valence-corrected chi connectivity index (χ0v) is 68.2. The minimum Gasteiger partial charge on any atom is -0.497 e. The molecule has 2 saturated heterocycles. The van der Waals surface area contributed by atoms with Crippen LogP contribution in [0.25, 0.3) is 22.1 Å². The Labute approximate surface area is 657 Å². The summed E-state index contributed by atoms with van der Waals surface area (Å²) in [6.45, 7) is 30.6. The minimum absolute atomic E-state index is 0.0212. The second-order valence-electron chi connectivity index (χ2n) is 30.7. The Morgan fingerprint density at radius 2 is 0.910 bits per heavy atom. The molecule has 30 nitrogen and oxygen atoms in total. The van der Waals surface area contributed by atoms with E-state index >= 15 is 0 Å². The Morgan fingerprint density at radius 3 is 1.31 bits per heavy atom. The van der Waals surface area contributed by atoms with E-state index < -0.39 is 70.8 Å². The smallest absolute Gasteiger partial charge is 0.421 e. The molecule has 111 heavy (non-hydrogen) atoms. The van der Waals surface area contributed by atoms with E-state index in [1.165, 1.54) is 15.5 Å². The van der Waals surface area contributed by atoms with E-state index in [4.69, 9.17) is 48.6 Å². The van der Waals surface area contributed by atoms with Gasteiger partial charge in [-0.15, -0.1) is 0 Å². The number of hydrogen-bond acceptors (Lipinski definition) is 26. The molecule has 2 aliphatic heterocycles. The number of benzene rings is 4. The maximum absolute atomic E-state index is 13.3. The number of aromatic nitrogens is 8. The standard InChI is InChI=1S/C40H54N8O7.C25H33BrN6O3.C15H22N2O4/c1-9-29-33(41-23-31(35(49)54-39(2,3)4)46-37(50)53-24-27-13-11-10-12-14-27)43-25-44-34(29)47-19-17-26(18-20-47)22-42-36-45-30-16-15-28(52-8)21-32(30)48(36)38(51)55-40(5,6)7;1-6-18-21(26)28-15-29-22(18)31-11-9-16(10-12-31)14-27-23-30-19-8-7-17(34-5)13-20(19)32(23)24(33)35-25(2,3)4;1-15(2,3)21-13(18)12(9-16)17-14(19)20-10-11-7-5-4-6-8-11/h10-16,21,25-26,31H,9,17-20,22-24H2,1-8H3,(H,42,45)(H,46,50)(H,41,43,44);7-8,13,15-16H,6,9-12,14H2,1-5H3,(H,27,30);4-8,12H,9-10,16H2,1-3H3,(H,17,19)/t31-;;12-/m0.0/s1. The van der Waals surface area contributed by atoms with Gasteiger partial charge < -0.3 is 80.0 Å². The quantitative estimate of drug-likeness (QED) is 0.0186. The average Bonchev–Trinajstić information content (AvgIpc) is 1.70. The van der Waals surface area contributed by atoms with Crippen molar-refractivity contribution in [3.63, 3.8) is 0 Å². The molecule has 4 aromatic heterocycles. The number of piperidine rings is 2. The summed E-state index contributed by atoms with van der Waals surface area (Å²) in [6, 6.07) is 27.5. The number of carbonyl (C=O) groups excluding carboxylic acids is 6. The number of methoxy groups -OCH3 is 2. The lowest BCUT2D eigenvalue weighted by atomic mass is 9.96. The van der Waals surface area contributed by atoms with Gasteiger partial charge in [0.25, 0.3) is 0 Å². The van der Waals surface area contributed by atoms with Crippen LogP contribution in [0.3, 0.4) is 0 Å². The van der Waals surface area contributed by atoms with Crippen LogP contribution < -0.4 is 51.6 Å². The first-order chi connectivity index (χ1) is 52.6. The van der Waals surface area contributed by atoms with Gasteiger partial charge in [0, 0.05) is 75.6 Å². The van der Waals surface area contributed by atoms with Gasteiger partial charge >= 0.3 is 36.3 Å². The van der Waals surface area contributed by atoms with Crippen LogP contribution in [-0.2, 0) is 64.1 Å². The van der Waals surface area contributed by atoms with E-state index in [9.17, 15) is 28.8 Å². The second-order valence-corrected chi connectivity index (χ2v) is 31.5. The number of nitrogens with one attached hydrogen (secondary N) is 5. The SMILES string of the molecule is CC(C)(C)OC(=O)[C@H](CN)NC(=O)OCc1ccccc1.CCc1c(Br)ncnc1N1CCC(CNc2nc3ccc(OC)cc3n2C(=O)OC(C)(C)C)CC1.CCc1c(NC[C@H](NC(=O)OCc2ccccc2)C(=O)OC(C)(C)C)ncnc1N1CCC(CNc2nc3ccc(OC)cc3n2C(=O)OC(C)(C)C)CC1. The minimum atomic E-state index is -1.04. The fourth-order valence-electron chi connectivity index (χ4n) is 12.0. The Morgan fingerprint density at radius 1 is 0.514 bits per heavy atom. The van der Waals surface area contributed by atoms with Crippen molar-refractivity contribution < 1.29 is 66.7 Å². The number of carbonyl (C=O) groups is 6. The Hall–Kier alpha value is -10.6. The molecule has 6 heterocycles. The van der Waals surface area contributed by atoms with E-state index in [2.05, 4.69) is 84.2 Å². The molecular formula is C80H109BrN16O14. The molecule has 10 rings (SSSR count). The highest BCUT2D eigenvalue weighted by Gasteiger charge is 2.33.